The number of ether oxygens (including phenoxy) is 2. The van der Waals surface area contributed by atoms with E-state index in [2.05, 4.69) is 15.3 Å². The predicted molar refractivity (Wildman–Crippen MR) is 180 cm³/mol. The molecule has 1 fully saturated rings. The lowest BCUT2D eigenvalue weighted by atomic mass is 10.0. The predicted octanol–water partition coefficient (Wildman–Crippen LogP) is 6.33. The van der Waals surface area contributed by atoms with E-state index in [1.165, 1.54) is 0 Å². The minimum atomic E-state index is -5.08. The fourth-order valence-electron chi connectivity index (χ4n) is 5.32. The zero-order chi connectivity index (χ0) is 37.6. The number of benzene rings is 3. The van der Waals surface area contributed by atoms with E-state index in [1.807, 2.05) is 66.7 Å². The van der Waals surface area contributed by atoms with Crippen molar-refractivity contribution in [1.82, 2.24) is 19.6 Å². The molecule has 2 atom stereocenters. The summed E-state index contributed by atoms with van der Waals surface area (Å²) in [7, 11) is -2.25. The van der Waals surface area contributed by atoms with Crippen molar-refractivity contribution in [3.05, 3.63) is 108 Å². The number of methoxy groups -OCH3 is 1. The number of carboxylic acid groups (broad SMARTS) is 1. The number of sulfonamides is 1. The maximum atomic E-state index is 13.3. The summed E-state index contributed by atoms with van der Waals surface area (Å²) in [5.41, 5.74) is 3.06. The number of halogens is 3. The van der Waals surface area contributed by atoms with Crippen molar-refractivity contribution >= 4 is 28.0 Å². The molecule has 0 spiro atoms. The van der Waals surface area contributed by atoms with E-state index in [0.29, 0.717) is 17.8 Å². The summed E-state index contributed by atoms with van der Waals surface area (Å²) in [5, 5.41) is 9.11. The number of imidazole rings is 1. The van der Waals surface area contributed by atoms with Crippen LogP contribution in [0.5, 0.6) is 5.75 Å². The molecule has 0 bridgehead atoms. The van der Waals surface area contributed by atoms with Crippen molar-refractivity contribution in [2.24, 2.45) is 0 Å². The lowest BCUT2D eigenvalue weighted by Gasteiger charge is -2.30. The topological polar surface area (TPSA) is 168 Å². The number of alkyl carbamates (subject to hydrolysis) is 1. The molecule has 3 N–H and O–H groups in total. The van der Waals surface area contributed by atoms with Crippen molar-refractivity contribution in [2.45, 2.75) is 63.2 Å². The number of alkyl halides is 3. The van der Waals surface area contributed by atoms with Crippen LogP contribution in [-0.4, -0.2) is 64.6 Å². The van der Waals surface area contributed by atoms with Crippen molar-refractivity contribution in [2.75, 3.05) is 7.11 Å². The number of hydrogen-bond donors (Lipinski definition) is 3. The molecule has 3 aromatic carbocycles. The molecule has 12 nitrogen and oxygen atoms in total. The van der Waals surface area contributed by atoms with Crippen LogP contribution in [0.2, 0.25) is 0 Å². The number of aromatic amines is 1. The standard InChI is InChI=1S/C33H36N4O6S.C2HF3O2/c1-33(2,3)37-30(38)19-29(44(37,40)41)25-12-10-22(11-13-25)18-27(36-32(39)43-21-23-8-6-5-7-9-23)31-34-20-28(35-31)24-14-16-26(42-4)17-15-24;3-2(4,5)1(6)7/h5-17,20,27,29H,18-19,21H2,1-4H3,(H,34,35)(H,36,39);(H,6,7). The summed E-state index contributed by atoms with van der Waals surface area (Å²) in [6.45, 7) is 5.24. The average molecular weight is 731 g/mol. The van der Waals surface area contributed by atoms with Gasteiger partial charge in [0.25, 0.3) is 0 Å². The van der Waals surface area contributed by atoms with Crippen LogP contribution >= 0.6 is 0 Å². The SMILES string of the molecule is COc1ccc(-c2cnc(C(Cc3ccc(C4CC(=O)N(C(C)(C)C)S4(=O)=O)cc3)NC(=O)OCc3ccccc3)[nH]2)cc1.O=C(O)C(F)(F)F. The summed E-state index contributed by atoms with van der Waals surface area (Å²) in [6.07, 6.45) is -3.74. The van der Waals surface area contributed by atoms with Gasteiger partial charge in [0.15, 0.2) is 0 Å². The molecule has 272 valence electrons. The lowest BCUT2D eigenvalue weighted by molar-refractivity contribution is -0.192. The van der Waals surface area contributed by atoms with Gasteiger partial charge in [-0.25, -0.2) is 27.3 Å². The number of carbonyl (C=O) groups is 3. The fraction of sp³-hybridized carbons (Fsp3) is 0.314. The number of aliphatic carboxylic acids is 1. The number of rotatable bonds is 9. The monoisotopic (exact) mass is 730 g/mol. The minimum absolute atomic E-state index is 0.100. The number of hydrogen-bond acceptors (Lipinski definition) is 8. The van der Waals surface area contributed by atoms with E-state index in [1.54, 1.807) is 46.2 Å². The highest BCUT2D eigenvalue weighted by Gasteiger charge is 2.49. The molecule has 4 aromatic rings. The van der Waals surface area contributed by atoms with Crippen molar-refractivity contribution in [3.63, 3.8) is 0 Å². The normalized spacial score (nSPS) is 16.1. The average Bonchev–Trinajstić information content (AvgIpc) is 3.66. The number of nitrogens with one attached hydrogen (secondary N) is 2. The zero-order valence-electron chi connectivity index (χ0n) is 28.1. The molecule has 51 heavy (non-hydrogen) atoms. The molecule has 2 heterocycles. The maximum Gasteiger partial charge on any atom is 0.490 e. The van der Waals surface area contributed by atoms with Gasteiger partial charge in [0.05, 0.1) is 37.0 Å². The first-order chi connectivity index (χ1) is 23.9. The van der Waals surface area contributed by atoms with Gasteiger partial charge >= 0.3 is 18.2 Å². The molecule has 0 radical (unpaired) electrons. The Hall–Kier alpha value is -5.38. The van der Waals surface area contributed by atoms with E-state index in [-0.39, 0.29) is 13.0 Å². The third-order valence-electron chi connectivity index (χ3n) is 7.68. The van der Waals surface area contributed by atoms with Crippen LogP contribution in [0.3, 0.4) is 0 Å². The van der Waals surface area contributed by atoms with Crippen LogP contribution in [0.4, 0.5) is 18.0 Å². The number of carboxylic acids is 1. The molecule has 2 unspecified atom stereocenters. The Morgan fingerprint density at radius 1 is 1.00 bits per heavy atom. The Balaban J connectivity index is 0.000000755. The van der Waals surface area contributed by atoms with Gasteiger partial charge in [0.1, 0.15) is 23.4 Å². The Morgan fingerprint density at radius 2 is 1.61 bits per heavy atom. The molecule has 16 heteroatoms. The second-order valence-corrected chi connectivity index (χ2v) is 14.4. The molecule has 1 aliphatic heterocycles. The van der Waals surface area contributed by atoms with Gasteiger partial charge in [-0.15, -0.1) is 0 Å². The van der Waals surface area contributed by atoms with Gasteiger partial charge in [-0.1, -0.05) is 54.6 Å². The number of aromatic nitrogens is 2. The van der Waals surface area contributed by atoms with E-state index in [0.717, 1.165) is 32.4 Å². The summed E-state index contributed by atoms with van der Waals surface area (Å²) in [6, 6.07) is 23.4. The van der Waals surface area contributed by atoms with Crippen LogP contribution < -0.4 is 10.1 Å². The smallest absolute Gasteiger partial charge is 0.490 e. The molecule has 5 rings (SSSR count). The Bertz CT molecular complexity index is 1930. The molecule has 0 aliphatic carbocycles. The van der Waals surface area contributed by atoms with Gasteiger partial charge in [0.2, 0.25) is 15.9 Å². The van der Waals surface area contributed by atoms with Crippen LogP contribution in [0.25, 0.3) is 11.3 Å². The highest BCUT2D eigenvalue weighted by molar-refractivity contribution is 7.90. The first-order valence-electron chi connectivity index (χ1n) is 15.5. The Morgan fingerprint density at radius 3 is 2.14 bits per heavy atom. The molecule has 1 saturated heterocycles. The third-order valence-corrected chi connectivity index (χ3v) is 10.1. The number of nitrogens with zero attached hydrogens (tertiary/aromatic N) is 2. The number of H-pyrrole nitrogens is 1. The zero-order valence-corrected chi connectivity index (χ0v) is 28.9. The van der Waals surface area contributed by atoms with E-state index >= 15 is 0 Å². The number of carbonyl (C=O) groups excluding carboxylic acids is 2. The summed E-state index contributed by atoms with van der Waals surface area (Å²) in [5.74, 6) is -1.90. The second kappa shape index (κ2) is 15.7. The number of amides is 2. The molecule has 2 amide bonds. The van der Waals surface area contributed by atoms with E-state index in [9.17, 15) is 31.2 Å². The van der Waals surface area contributed by atoms with Crippen LogP contribution in [0, 0.1) is 0 Å². The first kappa shape index (κ1) is 38.4. The highest BCUT2D eigenvalue weighted by atomic mass is 32.2. The van der Waals surface area contributed by atoms with E-state index < -0.39 is 51.0 Å². The van der Waals surface area contributed by atoms with Crippen LogP contribution in [0.1, 0.15) is 61.0 Å². The molecule has 0 saturated carbocycles. The van der Waals surface area contributed by atoms with Crippen LogP contribution in [-0.2, 0) is 37.4 Å². The van der Waals surface area contributed by atoms with E-state index in [4.69, 9.17) is 19.4 Å². The molecular formula is C35H37F3N4O8S. The first-order valence-corrected chi connectivity index (χ1v) is 17.0. The minimum Gasteiger partial charge on any atom is -0.497 e. The lowest BCUT2D eigenvalue weighted by Crippen LogP contribution is -2.45. The van der Waals surface area contributed by atoms with Gasteiger partial charge < -0.3 is 24.9 Å². The highest BCUT2D eigenvalue weighted by Crippen LogP contribution is 2.40. The molecule has 1 aromatic heterocycles. The molecular weight excluding hydrogens is 693 g/mol. The summed E-state index contributed by atoms with van der Waals surface area (Å²) < 4.78 is 70.0. The quantitative estimate of drug-likeness (QED) is 0.178. The Labute approximate surface area is 292 Å². The summed E-state index contributed by atoms with van der Waals surface area (Å²) in [4.78, 5) is 42.3. The Kier molecular flexibility index (Phi) is 11.8. The maximum absolute atomic E-state index is 13.3. The van der Waals surface area contributed by atoms with Gasteiger partial charge in [0, 0.05) is 6.42 Å². The third kappa shape index (κ3) is 9.87. The van der Waals surface area contributed by atoms with Crippen molar-refractivity contribution in [3.8, 4) is 17.0 Å². The molecule has 1 aliphatic rings. The second-order valence-electron chi connectivity index (χ2n) is 12.5. The summed E-state index contributed by atoms with van der Waals surface area (Å²) >= 11 is 0. The van der Waals surface area contributed by atoms with Gasteiger partial charge in [-0.05, 0) is 67.3 Å². The van der Waals surface area contributed by atoms with Crippen molar-refractivity contribution < 1.29 is 50.6 Å². The largest absolute Gasteiger partial charge is 0.497 e. The fourth-order valence-corrected chi connectivity index (χ4v) is 7.55. The van der Waals surface area contributed by atoms with Gasteiger partial charge in [-0.3, -0.25) is 4.79 Å². The van der Waals surface area contributed by atoms with Crippen LogP contribution in [0.15, 0.2) is 85.1 Å². The van der Waals surface area contributed by atoms with Crippen molar-refractivity contribution in [1.29, 1.82) is 0 Å². The van der Waals surface area contributed by atoms with Gasteiger partial charge in [-0.2, -0.15) is 13.2 Å².